The number of carbonyl (C=O) groups excluding carboxylic acids is 1. The first-order chi connectivity index (χ1) is 14.4. The number of carbonyl (C=O) groups is 1. The molecule has 0 spiro atoms. The first-order valence-corrected chi connectivity index (χ1v) is 10.3. The Bertz CT molecular complexity index is 1220. The van der Waals surface area contributed by atoms with Crippen LogP contribution < -0.4 is 10.1 Å². The van der Waals surface area contributed by atoms with Crippen LogP contribution in [-0.2, 0) is 4.79 Å². The van der Waals surface area contributed by atoms with Crippen molar-refractivity contribution in [3.05, 3.63) is 71.3 Å². The van der Waals surface area contributed by atoms with E-state index in [4.69, 9.17) is 4.74 Å². The highest BCUT2D eigenvalue weighted by molar-refractivity contribution is 6.13. The molecule has 1 aliphatic carbocycles. The summed E-state index contributed by atoms with van der Waals surface area (Å²) in [5.74, 6) is 0.620. The fourth-order valence-electron chi connectivity index (χ4n) is 5.01. The Labute approximate surface area is 176 Å². The van der Waals surface area contributed by atoms with E-state index in [1.54, 1.807) is 6.07 Å². The number of rotatable bonds is 2. The van der Waals surface area contributed by atoms with Crippen molar-refractivity contribution in [2.45, 2.75) is 32.7 Å². The van der Waals surface area contributed by atoms with Gasteiger partial charge in [-0.3, -0.25) is 4.79 Å². The molecular weight excluding hydrogens is 374 g/mol. The van der Waals surface area contributed by atoms with Gasteiger partial charge in [0, 0.05) is 28.8 Å². The number of benzene rings is 3. The summed E-state index contributed by atoms with van der Waals surface area (Å²) in [6.07, 6.45) is 1.31. The molecule has 2 N–H and O–H groups in total. The summed E-state index contributed by atoms with van der Waals surface area (Å²) in [6.45, 7) is 4.30. The third-order valence-corrected chi connectivity index (χ3v) is 6.30. The van der Waals surface area contributed by atoms with Gasteiger partial charge in [-0.2, -0.15) is 0 Å². The molecule has 4 heteroatoms. The van der Waals surface area contributed by atoms with Gasteiger partial charge in [0.05, 0.1) is 13.2 Å². The zero-order valence-electron chi connectivity index (χ0n) is 17.5. The topological polar surface area (TPSA) is 58.6 Å². The first-order valence-electron chi connectivity index (χ1n) is 10.3. The molecule has 30 heavy (non-hydrogen) atoms. The maximum absolute atomic E-state index is 13.4. The van der Waals surface area contributed by atoms with Crippen molar-refractivity contribution >= 4 is 27.8 Å². The van der Waals surface area contributed by atoms with Gasteiger partial charge in [-0.1, -0.05) is 56.3 Å². The third-order valence-electron chi connectivity index (χ3n) is 6.30. The molecule has 1 atom stereocenters. The molecule has 5 rings (SSSR count). The standard InChI is InChI=1S/C26H25NO3/c1-26(2)13-18-22-16-8-5-4-7-15(16)11-12-19(22)27-24(23(18)20(28)14-26)17-9-6-10-21(30-3)25(17)29/h4-12,24,27,29H,13-14H2,1-3H3/t24-/m1/s1. The van der Waals surface area contributed by atoms with E-state index in [1.807, 2.05) is 24.3 Å². The zero-order valence-corrected chi connectivity index (χ0v) is 17.5. The van der Waals surface area contributed by atoms with Gasteiger partial charge in [0.1, 0.15) is 0 Å². The summed E-state index contributed by atoms with van der Waals surface area (Å²) in [7, 11) is 1.54. The lowest BCUT2D eigenvalue weighted by atomic mass is 9.68. The fraction of sp³-hybridized carbons (Fsp3) is 0.269. The highest BCUT2D eigenvalue weighted by atomic mass is 16.5. The number of ether oxygens (including phenoxy) is 1. The van der Waals surface area contributed by atoms with Crippen LogP contribution in [0.1, 0.15) is 43.9 Å². The number of methoxy groups -OCH3 is 1. The number of fused-ring (bicyclic) bond motifs is 4. The Kier molecular flexibility index (Phi) is 4.14. The Morgan fingerprint density at radius 2 is 1.83 bits per heavy atom. The van der Waals surface area contributed by atoms with Crippen molar-refractivity contribution in [2.24, 2.45) is 5.41 Å². The lowest BCUT2D eigenvalue weighted by Crippen LogP contribution is -2.33. The monoisotopic (exact) mass is 399 g/mol. The molecule has 0 saturated heterocycles. The number of phenolic OH excluding ortho intramolecular Hbond substituents is 1. The van der Waals surface area contributed by atoms with E-state index in [9.17, 15) is 9.90 Å². The third kappa shape index (κ3) is 2.78. The number of Topliss-reactive ketones (excluding diaryl/α,β-unsaturated/α-hetero) is 1. The van der Waals surface area contributed by atoms with E-state index in [0.717, 1.165) is 39.6 Å². The normalized spacial score (nSPS) is 19.8. The average molecular weight is 399 g/mol. The highest BCUT2D eigenvalue weighted by Gasteiger charge is 2.41. The fourth-order valence-corrected chi connectivity index (χ4v) is 5.01. The number of phenols is 1. The molecule has 0 radical (unpaired) electrons. The van der Waals surface area contributed by atoms with Crippen LogP contribution in [0.25, 0.3) is 16.3 Å². The minimum Gasteiger partial charge on any atom is -0.504 e. The number of para-hydroxylation sites is 1. The maximum atomic E-state index is 13.4. The maximum Gasteiger partial charge on any atom is 0.163 e. The van der Waals surface area contributed by atoms with Gasteiger partial charge in [0.25, 0.3) is 0 Å². The van der Waals surface area contributed by atoms with Crippen LogP contribution in [0.3, 0.4) is 0 Å². The van der Waals surface area contributed by atoms with E-state index in [0.29, 0.717) is 17.7 Å². The number of anilines is 1. The van der Waals surface area contributed by atoms with E-state index in [2.05, 4.69) is 43.4 Å². The molecule has 0 aromatic heterocycles. The number of nitrogens with one attached hydrogen (secondary N) is 1. The van der Waals surface area contributed by atoms with Crippen LogP contribution in [0.2, 0.25) is 0 Å². The number of allylic oxidation sites excluding steroid dienone is 1. The summed E-state index contributed by atoms with van der Waals surface area (Å²) >= 11 is 0. The van der Waals surface area contributed by atoms with Crippen LogP contribution in [0.5, 0.6) is 11.5 Å². The van der Waals surface area contributed by atoms with Crippen molar-refractivity contribution in [3.8, 4) is 11.5 Å². The van der Waals surface area contributed by atoms with Gasteiger partial charge in [0.2, 0.25) is 0 Å². The molecule has 2 aliphatic rings. The second kappa shape index (κ2) is 6.63. The van der Waals surface area contributed by atoms with E-state index in [-0.39, 0.29) is 16.9 Å². The molecule has 0 unspecified atom stereocenters. The van der Waals surface area contributed by atoms with E-state index >= 15 is 0 Å². The Hall–Kier alpha value is -3.27. The Balaban J connectivity index is 1.81. The molecule has 0 amide bonds. The summed E-state index contributed by atoms with van der Waals surface area (Å²) in [5, 5.41) is 16.7. The van der Waals surface area contributed by atoms with Crippen molar-refractivity contribution in [2.75, 3.05) is 12.4 Å². The number of hydrogen-bond acceptors (Lipinski definition) is 4. The lowest BCUT2D eigenvalue weighted by molar-refractivity contribution is -0.118. The second-order valence-corrected chi connectivity index (χ2v) is 9.02. The van der Waals surface area contributed by atoms with Crippen LogP contribution in [0, 0.1) is 5.41 Å². The summed E-state index contributed by atoms with van der Waals surface area (Å²) in [4.78, 5) is 13.4. The van der Waals surface area contributed by atoms with Crippen molar-refractivity contribution in [1.29, 1.82) is 0 Å². The van der Waals surface area contributed by atoms with Crippen LogP contribution in [0.4, 0.5) is 5.69 Å². The largest absolute Gasteiger partial charge is 0.504 e. The molecule has 0 saturated carbocycles. The van der Waals surface area contributed by atoms with Gasteiger partial charge in [-0.05, 0) is 40.3 Å². The van der Waals surface area contributed by atoms with Gasteiger partial charge in [-0.15, -0.1) is 0 Å². The molecular formula is C26H25NO3. The second-order valence-electron chi connectivity index (χ2n) is 9.02. The summed E-state index contributed by atoms with van der Waals surface area (Å²) in [6, 6.07) is 17.5. The predicted molar refractivity (Wildman–Crippen MR) is 120 cm³/mol. The van der Waals surface area contributed by atoms with Crippen molar-refractivity contribution in [1.82, 2.24) is 0 Å². The summed E-state index contributed by atoms with van der Waals surface area (Å²) in [5.41, 5.74) is 4.51. The van der Waals surface area contributed by atoms with Crippen molar-refractivity contribution < 1.29 is 14.6 Å². The Morgan fingerprint density at radius 3 is 2.63 bits per heavy atom. The molecule has 4 nitrogen and oxygen atoms in total. The van der Waals surface area contributed by atoms with E-state index in [1.165, 1.54) is 7.11 Å². The quantitative estimate of drug-likeness (QED) is 0.566. The SMILES string of the molecule is COc1cccc([C@H]2Nc3ccc4ccccc4c3C3=C2C(=O)CC(C)(C)C3)c1O. The van der Waals surface area contributed by atoms with Crippen LogP contribution >= 0.6 is 0 Å². The van der Waals surface area contributed by atoms with Crippen LogP contribution in [-0.4, -0.2) is 18.0 Å². The molecule has 3 aromatic carbocycles. The van der Waals surface area contributed by atoms with Gasteiger partial charge in [-0.25, -0.2) is 0 Å². The smallest absolute Gasteiger partial charge is 0.163 e. The predicted octanol–water partition coefficient (Wildman–Crippen LogP) is 5.86. The molecule has 3 aromatic rings. The zero-order chi connectivity index (χ0) is 21.0. The van der Waals surface area contributed by atoms with E-state index < -0.39 is 6.04 Å². The summed E-state index contributed by atoms with van der Waals surface area (Å²) < 4.78 is 5.32. The lowest BCUT2D eigenvalue weighted by Gasteiger charge is -2.40. The van der Waals surface area contributed by atoms with Gasteiger partial charge >= 0.3 is 0 Å². The van der Waals surface area contributed by atoms with Crippen molar-refractivity contribution in [3.63, 3.8) is 0 Å². The Morgan fingerprint density at radius 1 is 1.03 bits per heavy atom. The molecule has 0 fully saturated rings. The first kappa shape index (κ1) is 18.7. The number of hydrogen-bond donors (Lipinski definition) is 2. The van der Waals surface area contributed by atoms with Gasteiger partial charge in [0.15, 0.2) is 17.3 Å². The average Bonchev–Trinajstić information content (AvgIpc) is 2.72. The minimum atomic E-state index is -0.410. The van der Waals surface area contributed by atoms with Gasteiger partial charge < -0.3 is 15.2 Å². The number of ketones is 1. The highest BCUT2D eigenvalue weighted by Crippen LogP contribution is 2.53. The molecule has 152 valence electrons. The number of aromatic hydroxyl groups is 1. The minimum absolute atomic E-state index is 0.0752. The molecule has 0 bridgehead atoms. The molecule has 1 aliphatic heterocycles. The van der Waals surface area contributed by atoms with Crippen LogP contribution in [0.15, 0.2) is 60.2 Å². The molecule has 1 heterocycles.